The van der Waals surface area contributed by atoms with Crippen molar-refractivity contribution in [2.75, 3.05) is 26.3 Å². The van der Waals surface area contributed by atoms with Crippen molar-refractivity contribution >= 4 is 5.91 Å². The second-order valence-corrected chi connectivity index (χ2v) is 3.80. The van der Waals surface area contributed by atoms with Crippen LogP contribution < -0.4 is 11.1 Å². The summed E-state index contributed by atoms with van der Waals surface area (Å²) in [5, 5.41) is 2.87. The normalized spacial score (nSPS) is 20.2. The minimum absolute atomic E-state index is 0.0435. The zero-order valence-corrected chi connectivity index (χ0v) is 9.08. The summed E-state index contributed by atoms with van der Waals surface area (Å²) < 4.78 is 5.03. The van der Waals surface area contributed by atoms with Crippen molar-refractivity contribution in [1.82, 2.24) is 5.32 Å². The molecule has 1 aliphatic carbocycles. The number of allylic oxidation sites excluding steroid dienone is 2. The van der Waals surface area contributed by atoms with Gasteiger partial charge < -0.3 is 15.8 Å². The smallest absolute Gasteiger partial charge is 0.246 e. The Kier molecular flexibility index (Phi) is 6.04. The maximum Gasteiger partial charge on any atom is 0.246 e. The van der Waals surface area contributed by atoms with Crippen LogP contribution in [-0.4, -0.2) is 32.2 Å². The number of nitrogens with two attached hydrogens (primary N) is 1. The van der Waals surface area contributed by atoms with E-state index in [9.17, 15) is 4.79 Å². The van der Waals surface area contributed by atoms with E-state index in [0.29, 0.717) is 19.1 Å². The maximum absolute atomic E-state index is 11.3. The quantitative estimate of drug-likeness (QED) is 0.496. The van der Waals surface area contributed by atoms with Crippen molar-refractivity contribution in [3.8, 4) is 0 Å². The summed E-state index contributed by atoms with van der Waals surface area (Å²) in [7, 11) is 0. The van der Waals surface area contributed by atoms with E-state index < -0.39 is 0 Å². The van der Waals surface area contributed by atoms with Crippen LogP contribution in [0.15, 0.2) is 12.2 Å². The van der Waals surface area contributed by atoms with Gasteiger partial charge in [-0.05, 0) is 25.2 Å². The predicted molar refractivity (Wildman–Crippen MR) is 59.4 cm³/mol. The third-order valence-corrected chi connectivity index (χ3v) is 2.46. The fourth-order valence-electron chi connectivity index (χ4n) is 1.60. The number of hydrogen-bond donors (Lipinski definition) is 2. The number of rotatable bonds is 6. The molecule has 0 aromatic carbocycles. The lowest BCUT2D eigenvalue weighted by Gasteiger charge is -2.17. The van der Waals surface area contributed by atoms with Gasteiger partial charge in [-0.15, -0.1) is 0 Å². The summed E-state index contributed by atoms with van der Waals surface area (Å²) in [6, 6.07) is 0. The molecule has 1 amide bonds. The molecule has 4 nitrogen and oxygen atoms in total. The molecule has 3 N–H and O–H groups in total. The van der Waals surface area contributed by atoms with Gasteiger partial charge in [0.05, 0.1) is 6.61 Å². The Morgan fingerprint density at radius 3 is 3.07 bits per heavy atom. The van der Waals surface area contributed by atoms with Crippen LogP contribution in [-0.2, 0) is 9.53 Å². The molecule has 0 aliphatic heterocycles. The van der Waals surface area contributed by atoms with Gasteiger partial charge in [-0.25, -0.2) is 0 Å². The van der Waals surface area contributed by atoms with Gasteiger partial charge in [0.1, 0.15) is 6.61 Å². The molecule has 0 fully saturated rings. The zero-order chi connectivity index (χ0) is 10.9. The molecule has 0 saturated carbocycles. The standard InChI is InChI=1S/C11H20N2O2/c12-6-7-15-9-11(14)13-8-10-4-2-1-3-5-10/h1-2,10H,3-9,12H2,(H,13,14). The topological polar surface area (TPSA) is 64.3 Å². The third kappa shape index (κ3) is 5.54. The first kappa shape index (κ1) is 12.2. The lowest BCUT2D eigenvalue weighted by Crippen LogP contribution is -2.33. The Hall–Kier alpha value is -0.870. The zero-order valence-electron chi connectivity index (χ0n) is 9.08. The van der Waals surface area contributed by atoms with Gasteiger partial charge in [-0.3, -0.25) is 4.79 Å². The molecule has 0 aromatic rings. The van der Waals surface area contributed by atoms with E-state index in [1.807, 2.05) is 0 Å². The van der Waals surface area contributed by atoms with Gasteiger partial charge in [0.2, 0.25) is 5.91 Å². The van der Waals surface area contributed by atoms with E-state index in [1.165, 1.54) is 6.42 Å². The minimum Gasteiger partial charge on any atom is -0.370 e. The molecule has 0 heterocycles. The van der Waals surface area contributed by atoms with Crippen molar-refractivity contribution in [2.24, 2.45) is 11.7 Å². The molecule has 0 bridgehead atoms. The number of carbonyl (C=O) groups excluding carboxylic acids is 1. The molecule has 4 heteroatoms. The van der Waals surface area contributed by atoms with Crippen molar-refractivity contribution in [2.45, 2.75) is 19.3 Å². The van der Waals surface area contributed by atoms with Crippen molar-refractivity contribution in [3.63, 3.8) is 0 Å². The Morgan fingerprint density at radius 1 is 1.53 bits per heavy atom. The highest BCUT2D eigenvalue weighted by Crippen LogP contribution is 2.16. The molecule has 0 saturated heterocycles. The van der Waals surface area contributed by atoms with Crippen molar-refractivity contribution in [1.29, 1.82) is 0 Å². The first-order chi connectivity index (χ1) is 7.33. The molecule has 0 spiro atoms. The number of hydrogen-bond acceptors (Lipinski definition) is 3. The van der Waals surface area contributed by atoms with Gasteiger partial charge in [-0.1, -0.05) is 12.2 Å². The number of ether oxygens (including phenoxy) is 1. The predicted octanol–water partition coefficient (Wildman–Crippen LogP) is 0.434. The number of amides is 1. The fraction of sp³-hybridized carbons (Fsp3) is 0.727. The molecule has 1 unspecified atom stereocenters. The average molecular weight is 212 g/mol. The highest BCUT2D eigenvalue weighted by molar-refractivity contribution is 5.77. The summed E-state index contributed by atoms with van der Waals surface area (Å²) in [4.78, 5) is 11.3. The monoisotopic (exact) mass is 212 g/mol. The van der Waals surface area contributed by atoms with Crippen LogP contribution in [0.5, 0.6) is 0 Å². The summed E-state index contributed by atoms with van der Waals surface area (Å²) >= 11 is 0. The van der Waals surface area contributed by atoms with Crippen molar-refractivity contribution in [3.05, 3.63) is 12.2 Å². The third-order valence-electron chi connectivity index (χ3n) is 2.46. The van der Waals surface area contributed by atoms with Gasteiger partial charge >= 0.3 is 0 Å². The van der Waals surface area contributed by atoms with E-state index in [0.717, 1.165) is 19.4 Å². The van der Waals surface area contributed by atoms with Gasteiger partial charge in [0.25, 0.3) is 0 Å². The van der Waals surface area contributed by atoms with Gasteiger partial charge in [0, 0.05) is 13.1 Å². The average Bonchev–Trinajstić information content (AvgIpc) is 2.28. The van der Waals surface area contributed by atoms with Crippen LogP contribution in [0.1, 0.15) is 19.3 Å². The van der Waals surface area contributed by atoms with Crippen molar-refractivity contribution < 1.29 is 9.53 Å². The van der Waals surface area contributed by atoms with Gasteiger partial charge in [-0.2, -0.15) is 0 Å². The van der Waals surface area contributed by atoms with Crippen LogP contribution in [0.25, 0.3) is 0 Å². The summed E-state index contributed by atoms with van der Waals surface area (Å²) in [5.74, 6) is 0.548. The fourth-order valence-corrected chi connectivity index (χ4v) is 1.60. The molecule has 1 atom stereocenters. The van der Waals surface area contributed by atoms with E-state index in [1.54, 1.807) is 0 Å². The second-order valence-electron chi connectivity index (χ2n) is 3.80. The number of carbonyl (C=O) groups is 1. The minimum atomic E-state index is -0.0435. The summed E-state index contributed by atoms with van der Waals surface area (Å²) in [6.45, 7) is 1.79. The highest BCUT2D eigenvalue weighted by atomic mass is 16.5. The van der Waals surface area contributed by atoms with E-state index in [2.05, 4.69) is 17.5 Å². The molecule has 15 heavy (non-hydrogen) atoms. The Labute approximate surface area is 90.9 Å². The summed E-state index contributed by atoms with van der Waals surface area (Å²) in [5.41, 5.74) is 5.24. The molecule has 1 rings (SSSR count). The first-order valence-corrected chi connectivity index (χ1v) is 5.52. The molecule has 1 aliphatic rings. The molecular formula is C11H20N2O2. The van der Waals surface area contributed by atoms with E-state index in [-0.39, 0.29) is 12.5 Å². The van der Waals surface area contributed by atoms with Crippen LogP contribution in [0.3, 0.4) is 0 Å². The van der Waals surface area contributed by atoms with Gasteiger partial charge in [0.15, 0.2) is 0 Å². The lowest BCUT2D eigenvalue weighted by molar-refractivity contribution is -0.125. The first-order valence-electron chi connectivity index (χ1n) is 5.52. The molecule has 86 valence electrons. The van der Waals surface area contributed by atoms with Crippen LogP contribution in [0.4, 0.5) is 0 Å². The SMILES string of the molecule is NCCOCC(=O)NCC1CC=CCC1. The second kappa shape index (κ2) is 7.43. The Morgan fingerprint density at radius 2 is 2.40 bits per heavy atom. The van der Waals surface area contributed by atoms with Crippen LogP contribution >= 0.6 is 0 Å². The van der Waals surface area contributed by atoms with Crippen LogP contribution in [0, 0.1) is 5.92 Å². The largest absolute Gasteiger partial charge is 0.370 e. The van der Waals surface area contributed by atoms with E-state index >= 15 is 0 Å². The Balaban J connectivity index is 2.03. The molecule has 0 radical (unpaired) electrons. The van der Waals surface area contributed by atoms with E-state index in [4.69, 9.17) is 10.5 Å². The number of nitrogens with one attached hydrogen (secondary N) is 1. The molecule has 0 aromatic heterocycles. The lowest BCUT2D eigenvalue weighted by atomic mass is 9.94. The highest BCUT2D eigenvalue weighted by Gasteiger charge is 2.10. The maximum atomic E-state index is 11.3. The van der Waals surface area contributed by atoms with Crippen LogP contribution in [0.2, 0.25) is 0 Å². The summed E-state index contributed by atoms with van der Waals surface area (Å²) in [6.07, 6.45) is 7.75. The molecular weight excluding hydrogens is 192 g/mol. The Bertz CT molecular complexity index is 217.